The molecular weight excluding hydrogens is 348 g/mol. The summed E-state index contributed by atoms with van der Waals surface area (Å²) < 4.78 is 13.5. The first kappa shape index (κ1) is 16.5. The molecular formula is C17H15ClN2O3S. The number of rotatable bonds is 4. The molecule has 3 rings (SSSR count). The van der Waals surface area contributed by atoms with Crippen molar-refractivity contribution in [3.8, 4) is 11.5 Å². The molecule has 3 aromatic rings. The minimum absolute atomic E-state index is 0.126. The van der Waals surface area contributed by atoms with Crippen LogP contribution in [0.2, 0.25) is 5.02 Å². The summed E-state index contributed by atoms with van der Waals surface area (Å²) >= 11 is 7.24. The summed E-state index contributed by atoms with van der Waals surface area (Å²) in [5.74, 6) is 1.00. The van der Waals surface area contributed by atoms with Crippen molar-refractivity contribution in [2.24, 2.45) is 12.0 Å². The van der Waals surface area contributed by atoms with E-state index in [4.69, 9.17) is 21.1 Å². The Kier molecular flexibility index (Phi) is 4.87. The molecule has 5 nitrogen and oxygen atoms in total. The summed E-state index contributed by atoms with van der Waals surface area (Å²) in [4.78, 5) is 16.8. The molecule has 0 radical (unpaired) electrons. The van der Waals surface area contributed by atoms with E-state index in [1.165, 1.54) is 11.3 Å². The number of hydrogen-bond acceptors (Lipinski definition) is 4. The number of methoxy groups -OCH3 is 1. The highest BCUT2D eigenvalue weighted by molar-refractivity contribution is 7.16. The van der Waals surface area contributed by atoms with Crippen LogP contribution in [0.5, 0.6) is 11.5 Å². The number of carbonyl (C=O) groups is 1. The maximum absolute atomic E-state index is 12.1. The number of aromatic nitrogens is 1. The van der Waals surface area contributed by atoms with Crippen LogP contribution in [-0.4, -0.2) is 24.2 Å². The number of nitrogens with zero attached hydrogens (tertiary/aromatic N) is 2. The Morgan fingerprint density at radius 2 is 1.92 bits per heavy atom. The van der Waals surface area contributed by atoms with Crippen LogP contribution < -0.4 is 14.3 Å². The third kappa shape index (κ3) is 3.60. The van der Waals surface area contributed by atoms with E-state index in [-0.39, 0.29) is 12.5 Å². The highest BCUT2D eigenvalue weighted by atomic mass is 35.5. The third-order valence-corrected chi connectivity index (χ3v) is 4.76. The molecule has 0 bridgehead atoms. The SMILES string of the molecule is COc1ccc2c(c1)sc(=NC(=O)COc1ccc(Cl)cc1)n2C. The van der Waals surface area contributed by atoms with Crippen LogP contribution in [0.3, 0.4) is 0 Å². The Morgan fingerprint density at radius 3 is 2.62 bits per heavy atom. The van der Waals surface area contributed by atoms with Crippen LogP contribution in [0.1, 0.15) is 0 Å². The zero-order valence-electron chi connectivity index (χ0n) is 13.2. The molecule has 0 aliphatic rings. The second kappa shape index (κ2) is 7.07. The standard InChI is InChI=1S/C17H15ClN2O3S/c1-20-14-8-7-13(22-2)9-15(14)24-17(20)19-16(21)10-23-12-5-3-11(18)4-6-12/h3-9H,10H2,1-2H3. The van der Waals surface area contributed by atoms with Gasteiger partial charge < -0.3 is 14.0 Å². The smallest absolute Gasteiger partial charge is 0.286 e. The fraction of sp³-hybridized carbons (Fsp3) is 0.176. The monoisotopic (exact) mass is 362 g/mol. The van der Waals surface area contributed by atoms with Crippen molar-refractivity contribution in [3.05, 3.63) is 52.3 Å². The number of thiazole rings is 1. The van der Waals surface area contributed by atoms with Crippen LogP contribution in [0.4, 0.5) is 0 Å². The van der Waals surface area contributed by atoms with Crippen LogP contribution >= 0.6 is 22.9 Å². The lowest BCUT2D eigenvalue weighted by molar-refractivity contribution is -0.120. The molecule has 0 fully saturated rings. The lowest BCUT2D eigenvalue weighted by Crippen LogP contribution is -2.17. The largest absolute Gasteiger partial charge is 0.497 e. The van der Waals surface area contributed by atoms with Crippen molar-refractivity contribution in [2.45, 2.75) is 0 Å². The number of hydrogen-bond donors (Lipinski definition) is 0. The van der Waals surface area contributed by atoms with Crippen molar-refractivity contribution >= 4 is 39.1 Å². The van der Waals surface area contributed by atoms with E-state index in [1.807, 2.05) is 29.8 Å². The average Bonchev–Trinajstić information content (AvgIpc) is 2.89. The van der Waals surface area contributed by atoms with Gasteiger partial charge in [-0.25, -0.2) is 0 Å². The van der Waals surface area contributed by atoms with Gasteiger partial charge in [0, 0.05) is 12.1 Å². The van der Waals surface area contributed by atoms with Crippen molar-refractivity contribution in [1.82, 2.24) is 4.57 Å². The van der Waals surface area contributed by atoms with Crippen LogP contribution in [-0.2, 0) is 11.8 Å². The van der Waals surface area contributed by atoms with E-state index >= 15 is 0 Å². The maximum atomic E-state index is 12.1. The molecule has 0 N–H and O–H groups in total. The number of benzene rings is 2. The molecule has 1 heterocycles. The molecule has 24 heavy (non-hydrogen) atoms. The molecule has 0 spiro atoms. The zero-order valence-corrected chi connectivity index (χ0v) is 14.7. The van der Waals surface area contributed by atoms with E-state index in [1.54, 1.807) is 31.4 Å². The molecule has 0 saturated heterocycles. The van der Waals surface area contributed by atoms with E-state index in [0.717, 1.165) is 16.0 Å². The summed E-state index contributed by atoms with van der Waals surface area (Å²) in [6, 6.07) is 12.6. The summed E-state index contributed by atoms with van der Waals surface area (Å²) in [5, 5.41) is 0.617. The fourth-order valence-electron chi connectivity index (χ4n) is 2.16. The molecule has 0 aliphatic carbocycles. The van der Waals surface area contributed by atoms with E-state index < -0.39 is 0 Å². The first-order valence-corrected chi connectivity index (χ1v) is 8.36. The van der Waals surface area contributed by atoms with Gasteiger partial charge in [0.2, 0.25) is 0 Å². The Bertz CT molecular complexity index is 945. The predicted molar refractivity (Wildman–Crippen MR) is 94.9 cm³/mol. The molecule has 2 aromatic carbocycles. The second-order valence-corrected chi connectivity index (χ2v) is 6.47. The Labute approximate surface area is 147 Å². The van der Waals surface area contributed by atoms with Crippen molar-refractivity contribution in [2.75, 3.05) is 13.7 Å². The number of ether oxygens (including phenoxy) is 2. The van der Waals surface area contributed by atoms with Crippen molar-refractivity contribution in [1.29, 1.82) is 0 Å². The minimum Gasteiger partial charge on any atom is -0.497 e. The molecule has 0 unspecified atom stereocenters. The van der Waals surface area contributed by atoms with Crippen LogP contribution in [0.25, 0.3) is 10.2 Å². The van der Waals surface area contributed by atoms with E-state index in [0.29, 0.717) is 15.6 Å². The van der Waals surface area contributed by atoms with Crippen molar-refractivity contribution in [3.63, 3.8) is 0 Å². The number of halogens is 1. The van der Waals surface area contributed by atoms with Gasteiger partial charge in [-0.3, -0.25) is 4.79 Å². The molecule has 124 valence electrons. The van der Waals surface area contributed by atoms with Gasteiger partial charge in [-0.1, -0.05) is 22.9 Å². The number of carbonyl (C=O) groups excluding carboxylic acids is 1. The van der Waals surface area contributed by atoms with Gasteiger partial charge in [-0.15, -0.1) is 0 Å². The first-order chi connectivity index (χ1) is 11.6. The fourth-order valence-corrected chi connectivity index (χ4v) is 3.35. The molecule has 0 saturated carbocycles. The van der Waals surface area contributed by atoms with Gasteiger partial charge in [0.1, 0.15) is 11.5 Å². The molecule has 1 aromatic heterocycles. The molecule has 0 atom stereocenters. The number of amides is 1. The summed E-state index contributed by atoms with van der Waals surface area (Å²) in [6.45, 7) is -0.126. The molecule has 0 aliphatic heterocycles. The lowest BCUT2D eigenvalue weighted by atomic mass is 10.3. The van der Waals surface area contributed by atoms with Gasteiger partial charge >= 0.3 is 0 Å². The zero-order chi connectivity index (χ0) is 17.1. The highest BCUT2D eigenvalue weighted by Gasteiger charge is 2.07. The quantitative estimate of drug-likeness (QED) is 0.714. The van der Waals surface area contributed by atoms with Gasteiger partial charge in [-0.2, -0.15) is 4.99 Å². The Morgan fingerprint density at radius 1 is 1.21 bits per heavy atom. The van der Waals surface area contributed by atoms with Crippen molar-refractivity contribution < 1.29 is 14.3 Å². The minimum atomic E-state index is -0.348. The Balaban J connectivity index is 1.79. The predicted octanol–water partition coefficient (Wildman–Crippen LogP) is 3.41. The summed E-state index contributed by atoms with van der Waals surface area (Å²) in [5.41, 5.74) is 0.992. The molecule has 7 heteroatoms. The normalized spacial score (nSPS) is 11.7. The lowest BCUT2D eigenvalue weighted by Gasteiger charge is -2.02. The second-order valence-electron chi connectivity index (χ2n) is 5.03. The van der Waals surface area contributed by atoms with Gasteiger partial charge in [0.15, 0.2) is 11.4 Å². The summed E-state index contributed by atoms with van der Waals surface area (Å²) in [7, 11) is 3.50. The van der Waals surface area contributed by atoms with Gasteiger partial charge in [-0.05, 0) is 42.5 Å². The van der Waals surface area contributed by atoms with Crippen LogP contribution in [0, 0.1) is 0 Å². The van der Waals surface area contributed by atoms with E-state index in [2.05, 4.69) is 4.99 Å². The highest BCUT2D eigenvalue weighted by Crippen LogP contribution is 2.22. The van der Waals surface area contributed by atoms with E-state index in [9.17, 15) is 4.79 Å². The average molecular weight is 363 g/mol. The number of aryl methyl sites for hydroxylation is 1. The summed E-state index contributed by atoms with van der Waals surface area (Å²) in [6.07, 6.45) is 0. The first-order valence-electron chi connectivity index (χ1n) is 7.16. The van der Waals surface area contributed by atoms with Crippen LogP contribution in [0.15, 0.2) is 47.5 Å². The topological polar surface area (TPSA) is 52.8 Å². The maximum Gasteiger partial charge on any atom is 0.286 e. The molecule has 1 amide bonds. The number of fused-ring (bicyclic) bond motifs is 1. The van der Waals surface area contributed by atoms with Gasteiger partial charge in [0.25, 0.3) is 5.91 Å². The van der Waals surface area contributed by atoms with Gasteiger partial charge in [0.05, 0.1) is 17.3 Å². The third-order valence-electron chi connectivity index (χ3n) is 3.41. The Hall–Kier alpha value is -2.31.